The number of rotatable bonds is 5. The normalized spacial score (nSPS) is 10.1. The van der Waals surface area contributed by atoms with E-state index in [9.17, 15) is 9.59 Å². The minimum Gasteiger partial charge on any atom is -0.492 e. The van der Waals surface area contributed by atoms with E-state index in [0.29, 0.717) is 12.3 Å². The topological polar surface area (TPSA) is 81.4 Å². The van der Waals surface area contributed by atoms with Crippen LogP contribution in [0, 0.1) is 0 Å². The summed E-state index contributed by atoms with van der Waals surface area (Å²) in [5.74, 6) is -0.560. The molecule has 1 aromatic carbocycles. The molecular formula is C13H12N2O4. The first-order valence-electron chi connectivity index (χ1n) is 5.65. The minimum absolute atomic E-state index is 0.160. The Morgan fingerprint density at radius 2 is 2.16 bits per heavy atom. The average molecular weight is 260 g/mol. The lowest BCUT2D eigenvalue weighted by Crippen LogP contribution is -2.24. The monoisotopic (exact) mass is 260 g/mol. The Labute approximate surface area is 108 Å². The Balaban J connectivity index is 1.96. The number of nitrogens with zero attached hydrogens (tertiary/aromatic N) is 2. The van der Waals surface area contributed by atoms with Gasteiger partial charge in [0.05, 0.1) is 12.1 Å². The van der Waals surface area contributed by atoms with Gasteiger partial charge in [-0.05, 0) is 24.3 Å². The molecule has 0 bridgehead atoms. The summed E-state index contributed by atoms with van der Waals surface area (Å²) < 4.78 is 6.67. The van der Waals surface area contributed by atoms with Crippen LogP contribution >= 0.6 is 0 Å². The summed E-state index contributed by atoms with van der Waals surface area (Å²) in [7, 11) is 0. The van der Waals surface area contributed by atoms with Crippen molar-refractivity contribution in [2.24, 2.45) is 0 Å². The number of aromatic carboxylic acids is 1. The number of aromatic nitrogens is 2. The van der Waals surface area contributed by atoms with Gasteiger partial charge in [-0.2, -0.15) is 5.10 Å². The van der Waals surface area contributed by atoms with Crippen LogP contribution in [-0.4, -0.2) is 27.5 Å². The highest BCUT2D eigenvalue weighted by molar-refractivity contribution is 5.87. The number of hydrogen-bond donors (Lipinski definition) is 1. The third-order valence-corrected chi connectivity index (χ3v) is 2.44. The van der Waals surface area contributed by atoms with Crippen LogP contribution in [0.2, 0.25) is 0 Å². The van der Waals surface area contributed by atoms with Gasteiger partial charge in [-0.1, -0.05) is 6.07 Å². The van der Waals surface area contributed by atoms with Crippen LogP contribution in [0.15, 0.2) is 47.4 Å². The molecule has 0 spiro atoms. The van der Waals surface area contributed by atoms with E-state index in [1.165, 1.54) is 29.1 Å². The number of carboxylic acid groups (broad SMARTS) is 1. The molecule has 0 amide bonds. The highest BCUT2D eigenvalue weighted by Crippen LogP contribution is 2.13. The van der Waals surface area contributed by atoms with Gasteiger partial charge in [-0.25, -0.2) is 9.48 Å². The zero-order chi connectivity index (χ0) is 13.7. The lowest BCUT2D eigenvalue weighted by molar-refractivity contribution is 0.0696. The number of benzene rings is 1. The van der Waals surface area contributed by atoms with Gasteiger partial charge >= 0.3 is 5.97 Å². The van der Waals surface area contributed by atoms with E-state index in [4.69, 9.17) is 9.84 Å². The van der Waals surface area contributed by atoms with E-state index in [2.05, 4.69) is 5.10 Å². The quantitative estimate of drug-likeness (QED) is 0.868. The molecule has 2 aromatic rings. The Morgan fingerprint density at radius 1 is 1.32 bits per heavy atom. The first kappa shape index (κ1) is 12.8. The maximum Gasteiger partial charge on any atom is 0.335 e. The summed E-state index contributed by atoms with van der Waals surface area (Å²) in [5, 5.41) is 12.7. The van der Waals surface area contributed by atoms with Crippen LogP contribution < -0.4 is 10.3 Å². The number of hydrogen-bond acceptors (Lipinski definition) is 4. The minimum atomic E-state index is -1.01. The third kappa shape index (κ3) is 3.41. The third-order valence-electron chi connectivity index (χ3n) is 2.44. The Morgan fingerprint density at radius 3 is 2.89 bits per heavy atom. The molecule has 0 aliphatic carbocycles. The second-order valence-corrected chi connectivity index (χ2v) is 3.77. The fourth-order valence-electron chi connectivity index (χ4n) is 1.52. The van der Waals surface area contributed by atoms with Crippen molar-refractivity contribution < 1.29 is 14.6 Å². The molecule has 19 heavy (non-hydrogen) atoms. The average Bonchev–Trinajstić information content (AvgIpc) is 2.41. The van der Waals surface area contributed by atoms with Crippen molar-refractivity contribution in [3.63, 3.8) is 0 Å². The Bertz CT molecular complexity index is 636. The molecular weight excluding hydrogens is 248 g/mol. The van der Waals surface area contributed by atoms with Gasteiger partial charge in [0.2, 0.25) is 0 Å². The van der Waals surface area contributed by atoms with Crippen molar-refractivity contribution in [2.75, 3.05) is 6.61 Å². The van der Waals surface area contributed by atoms with Crippen LogP contribution in [0.25, 0.3) is 0 Å². The molecule has 1 N–H and O–H groups in total. The van der Waals surface area contributed by atoms with Gasteiger partial charge < -0.3 is 9.84 Å². The lowest BCUT2D eigenvalue weighted by atomic mass is 10.2. The predicted octanol–water partition coefficient (Wildman–Crippen LogP) is 1.02. The van der Waals surface area contributed by atoms with Crippen LogP contribution in [0.5, 0.6) is 5.75 Å². The summed E-state index contributed by atoms with van der Waals surface area (Å²) in [4.78, 5) is 22.2. The molecule has 0 unspecified atom stereocenters. The molecule has 0 radical (unpaired) electrons. The van der Waals surface area contributed by atoms with E-state index in [1.807, 2.05) is 0 Å². The van der Waals surface area contributed by atoms with Crippen molar-refractivity contribution >= 4 is 5.97 Å². The fourth-order valence-corrected chi connectivity index (χ4v) is 1.52. The first-order valence-corrected chi connectivity index (χ1v) is 5.65. The summed E-state index contributed by atoms with van der Waals surface area (Å²) in [5.41, 5.74) is -0.0436. The fraction of sp³-hybridized carbons (Fsp3) is 0.154. The molecule has 0 saturated carbocycles. The van der Waals surface area contributed by atoms with Gasteiger partial charge in [0.25, 0.3) is 5.56 Å². The second kappa shape index (κ2) is 5.81. The smallest absolute Gasteiger partial charge is 0.335 e. The van der Waals surface area contributed by atoms with Gasteiger partial charge in [-0.3, -0.25) is 4.79 Å². The van der Waals surface area contributed by atoms with Crippen molar-refractivity contribution in [1.82, 2.24) is 9.78 Å². The molecule has 6 nitrogen and oxygen atoms in total. The largest absolute Gasteiger partial charge is 0.492 e. The molecule has 0 atom stereocenters. The maximum absolute atomic E-state index is 11.4. The summed E-state index contributed by atoms with van der Waals surface area (Å²) in [6.45, 7) is 0.539. The second-order valence-electron chi connectivity index (χ2n) is 3.77. The van der Waals surface area contributed by atoms with Crippen LogP contribution in [0.4, 0.5) is 0 Å². The molecule has 0 fully saturated rings. The molecule has 98 valence electrons. The van der Waals surface area contributed by atoms with E-state index in [1.54, 1.807) is 18.2 Å². The van der Waals surface area contributed by atoms with Gasteiger partial charge in [0.1, 0.15) is 12.4 Å². The molecule has 1 aromatic heterocycles. The molecule has 0 saturated heterocycles. The molecule has 0 aliphatic heterocycles. The maximum atomic E-state index is 11.4. The highest BCUT2D eigenvalue weighted by Gasteiger charge is 2.04. The first-order chi connectivity index (χ1) is 9.16. The Kier molecular flexibility index (Phi) is 3.92. The summed E-state index contributed by atoms with van der Waals surface area (Å²) in [6, 6.07) is 9.16. The van der Waals surface area contributed by atoms with E-state index in [-0.39, 0.29) is 17.7 Å². The summed E-state index contributed by atoms with van der Waals surface area (Å²) in [6.07, 6.45) is 1.52. The van der Waals surface area contributed by atoms with Crippen LogP contribution in [0.1, 0.15) is 10.4 Å². The van der Waals surface area contributed by atoms with Crippen molar-refractivity contribution in [3.05, 3.63) is 58.5 Å². The van der Waals surface area contributed by atoms with E-state index in [0.717, 1.165) is 0 Å². The van der Waals surface area contributed by atoms with Crippen LogP contribution in [-0.2, 0) is 6.54 Å². The standard InChI is InChI=1S/C13H12N2O4/c16-12-5-2-6-14-15(12)7-8-19-11-4-1-3-10(9-11)13(17)18/h1-6,9H,7-8H2,(H,17,18). The van der Waals surface area contributed by atoms with Crippen molar-refractivity contribution in [2.45, 2.75) is 6.54 Å². The molecule has 0 aliphatic rings. The molecule has 1 heterocycles. The van der Waals surface area contributed by atoms with Crippen molar-refractivity contribution in [1.29, 1.82) is 0 Å². The van der Waals surface area contributed by atoms with Gasteiger partial charge in [-0.15, -0.1) is 0 Å². The lowest BCUT2D eigenvalue weighted by Gasteiger charge is -2.07. The van der Waals surface area contributed by atoms with E-state index >= 15 is 0 Å². The van der Waals surface area contributed by atoms with Crippen LogP contribution in [0.3, 0.4) is 0 Å². The van der Waals surface area contributed by atoms with Gasteiger partial charge in [0.15, 0.2) is 0 Å². The SMILES string of the molecule is O=C(O)c1cccc(OCCn2ncccc2=O)c1. The number of ether oxygens (including phenoxy) is 1. The molecule has 2 rings (SSSR count). The highest BCUT2D eigenvalue weighted by atomic mass is 16.5. The predicted molar refractivity (Wildman–Crippen MR) is 67.4 cm³/mol. The summed E-state index contributed by atoms with van der Waals surface area (Å²) >= 11 is 0. The molecule has 6 heteroatoms. The number of carboxylic acids is 1. The van der Waals surface area contributed by atoms with Crippen molar-refractivity contribution in [3.8, 4) is 5.75 Å². The zero-order valence-corrected chi connectivity index (χ0v) is 10.0. The zero-order valence-electron chi connectivity index (χ0n) is 10.0. The van der Waals surface area contributed by atoms with Gasteiger partial charge in [0, 0.05) is 12.3 Å². The Hall–Kier alpha value is -2.63. The number of carbonyl (C=O) groups is 1. The van der Waals surface area contributed by atoms with E-state index < -0.39 is 5.97 Å².